The van der Waals surface area contributed by atoms with Crippen molar-refractivity contribution in [2.45, 2.75) is 45.6 Å². The van der Waals surface area contributed by atoms with Gasteiger partial charge in [-0.2, -0.15) is 0 Å². The Morgan fingerprint density at radius 2 is 1.95 bits per heavy atom. The highest BCUT2D eigenvalue weighted by Crippen LogP contribution is 2.42. The molecular formula is C17H28N2. The fourth-order valence-corrected chi connectivity index (χ4v) is 3.78. The Bertz CT molecular complexity index is 429. The van der Waals surface area contributed by atoms with Crippen molar-refractivity contribution in [2.75, 3.05) is 18.5 Å². The molecule has 3 atom stereocenters. The van der Waals surface area contributed by atoms with E-state index in [-0.39, 0.29) is 5.54 Å². The summed E-state index contributed by atoms with van der Waals surface area (Å²) in [4.78, 5) is 2.46. The number of benzene rings is 1. The zero-order valence-corrected chi connectivity index (χ0v) is 12.8. The predicted molar refractivity (Wildman–Crippen MR) is 83.5 cm³/mol. The molecule has 2 rings (SSSR count). The molecule has 1 aromatic carbocycles. The van der Waals surface area contributed by atoms with Crippen LogP contribution >= 0.6 is 0 Å². The normalized spacial score (nSPS) is 31.2. The molecule has 0 aliphatic heterocycles. The number of para-hydroxylation sites is 1. The number of hydrogen-bond acceptors (Lipinski definition) is 2. The molecule has 0 heterocycles. The molecule has 1 aromatic rings. The van der Waals surface area contributed by atoms with Gasteiger partial charge in [0.25, 0.3) is 0 Å². The van der Waals surface area contributed by atoms with E-state index in [2.05, 4.69) is 57.0 Å². The third-order valence-corrected chi connectivity index (χ3v) is 5.21. The van der Waals surface area contributed by atoms with Crippen LogP contribution in [0.2, 0.25) is 0 Å². The highest BCUT2D eigenvalue weighted by atomic mass is 15.2. The number of likely N-dealkylation sites (N-methyl/N-ethyl adjacent to an activating group) is 1. The molecule has 0 bridgehead atoms. The van der Waals surface area contributed by atoms with Gasteiger partial charge in [-0.05, 0) is 43.2 Å². The smallest absolute Gasteiger partial charge is 0.0549 e. The molecular weight excluding hydrogens is 232 g/mol. The zero-order valence-electron chi connectivity index (χ0n) is 12.8. The van der Waals surface area contributed by atoms with Crippen LogP contribution in [-0.4, -0.2) is 19.1 Å². The number of nitrogens with zero attached hydrogens (tertiary/aromatic N) is 1. The first kappa shape index (κ1) is 14.4. The average Bonchev–Trinajstić information content (AvgIpc) is 2.41. The molecule has 0 radical (unpaired) electrons. The van der Waals surface area contributed by atoms with Crippen LogP contribution in [0.25, 0.3) is 0 Å². The van der Waals surface area contributed by atoms with Crippen molar-refractivity contribution in [2.24, 2.45) is 17.6 Å². The molecule has 1 aliphatic carbocycles. The molecule has 0 amide bonds. The Hall–Kier alpha value is -1.02. The molecule has 106 valence electrons. The second kappa shape index (κ2) is 5.54. The van der Waals surface area contributed by atoms with Crippen molar-refractivity contribution < 1.29 is 0 Å². The van der Waals surface area contributed by atoms with Crippen molar-refractivity contribution in [3.63, 3.8) is 0 Å². The Morgan fingerprint density at radius 3 is 2.58 bits per heavy atom. The summed E-state index contributed by atoms with van der Waals surface area (Å²) in [6.45, 7) is 7.66. The van der Waals surface area contributed by atoms with E-state index < -0.39 is 0 Å². The minimum absolute atomic E-state index is 0.115. The quantitative estimate of drug-likeness (QED) is 0.900. The number of nitrogens with two attached hydrogens (primary N) is 1. The fraction of sp³-hybridized carbons (Fsp3) is 0.647. The number of hydrogen-bond donors (Lipinski definition) is 1. The summed E-state index contributed by atoms with van der Waals surface area (Å²) in [7, 11) is 2.23. The lowest BCUT2D eigenvalue weighted by Crippen LogP contribution is -2.59. The van der Waals surface area contributed by atoms with Crippen LogP contribution in [0.1, 0.15) is 38.7 Å². The van der Waals surface area contributed by atoms with Gasteiger partial charge in [0.15, 0.2) is 0 Å². The molecule has 3 unspecified atom stereocenters. The summed E-state index contributed by atoms with van der Waals surface area (Å²) in [5, 5.41) is 0. The van der Waals surface area contributed by atoms with Gasteiger partial charge in [0.05, 0.1) is 5.54 Å². The summed E-state index contributed by atoms with van der Waals surface area (Å²) in [5.41, 5.74) is 9.02. The van der Waals surface area contributed by atoms with Crippen molar-refractivity contribution in [3.05, 3.63) is 29.8 Å². The van der Waals surface area contributed by atoms with Gasteiger partial charge < -0.3 is 10.6 Å². The van der Waals surface area contributed by atoms with Gasteiger partial charge in [-0.15, -0.1) is 0 Å². The predicted octanol–water partition coefficient (Wildman–Crippen LogP) is 3.58. The molecule has 0 saturated heterocycles. The van der Waals surface area contributed by atoms with Gasteiger partial charge in [0, 0.05) is 19.3 Å². The third-order valence-electron chi connectivity index (χ3n) is 5.21. The van der Waals surface area contributed by atoms with E-state index in [1.807, 2.05) is 0 Å². The van der Waals surface area contributed by atoms with E-state index in [0.717, 1.165) is 12.5 Å². The van der Waals surface area contributed by atoms with E-state index in [4.69, 9.17) is 5.73 Å². The SMILES string of the molecule is Cc1ccccc1N(C)C1(CN)CC(C)CCC1C. The summed E-state index contributed by atoms with van der Waals surface area (Å²) < 4.78 is 0. The number of rotatable bonds is 3. The molecule has 2 heteroatoms. The summed E-state index contributed by atoms with van der Waals surface area (Å²) in [6.07, 6.45) is 3.83. The van der Waals surface area contributed by atoms with Crippen LogP contribution in [-0.2, 0) is 0 Å². The van der Waals surface area contributed by atoms with E-state index in [9.17, 15) is 0 Å². The Morgan fingerprint density at radius 1 is 1.26 bits per heavy atom. The van der Waals surface area contributed by atoms with Gasteiger partial charge in [-0.1, -0.05) is 38.5 Å². The molecule has 1 fully saturated rings. The number of aryl methyl sites for hydroxylation is 1. The Balaban J connectivity index is 2.37. The van der Waals surface area contributed by atoms with Crippen LogP contribution in [0.5, 0.6) is 0 Å². The maximum Gasteiger partial charge on any atom is 0.0549 e. The summed E-state index contributed by atoms with van der Waals surface area (Å²) in [5.74, 6) is 1.42. The summed E-state index contributed by atoms with van der Waals surface area (Å²) >= 11 is 0. The zero-order chi connectivity index (χ0) is 14.0. The maximum absolute atomic E-state index is 6.24. The number of anilines is 1. The minimum atomic E-state index is 0.115. The first-order chi connectivity index (χ1) is 9.01. The second-order valence-electron chi connectivity index (χ2n) is 6.44. The lowest BCUT2D eigenvalue weighted by Gasteiger charge is -2.51. The van der Waals surface area contributed by atoms with Gasteiger partial charge in [0.1, 0.15) is 0 Å². The van der Waals surface area contributed by atoms with Gasteiger partial charge in [-0.3, -0.25) is 0 Å². The molecule has 1 aliphatic rings. The van der Waals surface area contributed by atoms with E-state index >= 15 is 0 Å². The largest absolute Gasteiger partial charge is 0.367 e. The van der Waals surface area contributed by atoms with Gasteiger partial charge in [0.2, 0.25) is 0 Å². The molecule has 1 saturated carbocycles. The standard InChI is InChI=1S/C17H28N2/c1-13-9-10-15(3)17(11-13,12-18)19(4)16-8-6-5-7-14(16)2/h5-8,13,15H,9-12,18H2,1-4H3. The van der Waals surface area contributed by atoms with E-state index in [0.29, 0.717) is 5.92 Å². The molecule has 19 heavy (non-hydrogen) atoms. The highest BCUT2D eigenvalue weighted by Gasteiger charge is 2.43. The topological polar surface area (TPSA) is 29.3 Å². The minimum Gasteiger partial charge on any atom is -0.367 e. The molecule has 0 spiro atoms. The average molecular weight is 260 g/mol. The summed E-state index contributed by atoms with van der Waals surface area (Å²) in [6, 6.07) is 8.64. The highest BCUT2D eigenvalue weighted by molar-refractivity contribution is 5.55. The van der Waals surface area contributed by atoms with Gasteiger partial charge >= 0.3 is 0 Å². The fourth-order valence-electron chi connectivity index (χ4n) is 3.78. The van der Waals surface area contributed by atoms with Gasteiger partial charge in [-0.25, -0.2) is 0 Å². The maximum atomic E-state index is 6.24. The van der Waals surface area contributed by atoms with Crippen LogP contribution in [0.4, 0.5) is 5.69 Å². The van der Waals surface area contributed by atoms with Crippen molar-refractivity contribution in [1.82, 2.24) is 0 Å². The molecule has 0 aromatic heterocycles. The van der Waals surface area contributed by atoms with Crippen LogP contribution in [0, 0.1) is 18.8 Å². The first-order valence-electron chi connectivity index (χ1n) is 7.51. The first-order valence-corrected chi connectivity index (χ1v) is 7.51. The van der Waals surface area contributed by atoms with E-state index in [1.165, 1.54) is 30.5 Å². The van der Waals surface area contributed by atoms with Crippen LogP contribution in [0.15, 0.2) is 24.3 Å². The Kier molecular flexibility index (Phi) is 4.19. The lowest BCUT2D eigenvalue weighted by atomic mass is 9.68. The van der Waals surface area contributed by atoms with E-state index in [1.54, 1.807) is 0 Å². The molecule has 2 nitrogen and oxygen atoms in total. The van der Waals surface area contributed by atoms with Crippen molar-refractivity contribution >= 4 is 5.69 Å². The second-order valence-corrected chi connectivity index (χ2v) is 6.44. The monoisotopic (exact) mass is 260 g/mol. The third kappa shape index (κ3) is 2.51. The molecule has 2 N–H and O–H groups in total. The van der Waals surface area contributed by atoms with Crippen molar-refractivity contribution in [1.29, 1.82) is 0 Å². The van der Waals surface area contributed by atoms with Crippen LogP contribution < -0.4 is 10.6 Å². The van der Waals surface area contributed by atoms with Crippen molar-refractivity contribution in [3.8, 4) is 0 Å². The Labute approximate surface area is 118 Å². The van der Waals surface area contributed by atoms with Crippen LogP contribution in [0.3, 0.4) is 0 Å². The lowest BCUT2D eigenvalue weighted by molar-refractivity contribution is 0.162.